The van der Waals surface area contributed by atoms with Gasteiger partial charge in [-0.3, -0.25) is 4.79 Å². The van der Waals surface area contributed by atoms with Crippen LogP contribution in [0.25, 0.3) is 10.1 Å². The molecule has 0 saturated heterocycles. The number of carboxylic acids is 1. The van der Waals surface area contributed by atoms with Crippen molar-refractivity contribution in [2.45, 2.75) is 19.4 Å². The normalized spacial score (nSPS) is 12.4. The van der Waals surface area contributed by atoms with Crippen molar-refractivity contribution in [1.29, 1.82) is 0 Å². The first kappa shape index (κ1) is 16.1. The van der Waals surface area contributed by atoms with E-state index in [0.29, 0.717) is 21.3 Å². The number of halogens is 2. The Morgan fingerprint density at radius 3 is 2.62 bits per heavy atom. The summed E-state index contributed by atoms with van der Waals surface area (Å²) >= 11 is 13.4. The van der Waals surface area contributed by atoms with Crippen LogP contribution in [0.2, 0.25) is 10.0 Å². The lowest BCUT2D eigenvalue weighted by Crippen LogP contribution is -2.41. The fourth-order valence-corrected chi connectivity index (χ4v) is 3.86. The van der Waals surface area contributed by atoms with Crippen molar-refractivity contribution in [3.63, 3.8) is 0 Å². The lowest BCUT2D eigenvalue weighted by Gasteiger charge is -2.23. The Hall–Kier alpha value is -1.30. The zero-order valence-corrected chi connectivity index (χ0v) is 13.7. The number of hydrogen-bond acceptors (Lipinski definition) is 3. The van der Waals surface area contributed by atoms with Gasteiger partial charge in [0.15, 0.2) is 0 Å². The Kier molecular flexibility index (Phi) is 4.76. The number of nitrogens with zero attached hydrogens (tertiary/aromatic N) is 1. The summed E-state index contributed by atoms with van der Waals surface area (Å²) < 4.78 is 0.799. The lowest BCUT2D eigenvalue weighted by molar-refractivity contribution is -0.142. The standard InChI is InChI=1S/C14H13Cl2NO3S/c1-3-9(14(19)20)17(2)13(18)12-11(16)8-5-4-7(15)6-10(8)21-12/h4-6,9H,3H2,1-2H3,(H,19,20). The number of rotatable bonds is 4. The molecular weight excluding hydrogens is 333 g/mol. The number of aliphatic carboxylic acids is 1. The largest absolute Gasteiger partial charge is 0.480 e. The molecule has 7 heteroatoms. The molecule has 2 aromatic rings. The molecule has 1 unspecified atom stereocenters. The molecular formula is C14H13Cl2NO3S. The van der Waals surface area contributed by atoms with Gasteiger partial charge in [0, 0.05) is 22.2 Å². The fraction of sp³-hybridized carbons (Fsp3) is 0.286. The van der Waals surface area contributed by atoms with Crippen LogP contribution in [-0.2, 0) is 4.79 Å². The lowest BCUT2D eigenvalue weighted by atomic mass is 10.2. The first-order valence-corrected chi connectivity index (χ1v) is 7.81. The van der Waals surface area contributed by atoms with E-state index in [4.69, 9.17) is 28.3 Å². The van der Waals surface area contributed by atoms with Crippen LogP contribution in [0, 0.1) is 0 Å². The summed E-state index contributed by atoms with van der Waals surface area (Å²) in [5.41, 5.74) is 0. The molecule has 0 bridgehead atoms. The van der Waals surface area contributed by atoms with Crippen LogP contribution in [0.1, 0.15) is 23.0 Å². The van der Waals surface area contributed by atoms with E-state index in [1.807, 2.05) is 0 Å². The van der Waals surface area contributed by atoms with Crippen molar-refractivity contribution >= 4 is 56.5 Å². The second-order valence-electron chi connectivity index (χ2n) is 4.56. The molecule has 2 rings (SSSR count). The molecule has 0 saturated carbocycles. The monoisotopic (exact) mass is 345 g/mol. The number of carbonyl (C=O) groups excluding carboxylic acids is 1. The van der Waals surface area contributed by atoms with Crippen molar-refractivity contribution in [2.24, 2.45) is 0 Å². The SMILES string of the molecule is CCC(C(=O)O)N(C)C(=O)c1sc2cc(Cl)ccc2c1Cl. The van der Waals surface area contributed by atoms with Gasteiger partial charge < -0.3 is 10.0 Å². The van der Waals surface area contributed by atoms with Crippen molar-refractivity contribution in [3.8, 4) is 0 Å². The van der Waals surface area contributed by atoms with Gasteiger partial charge in [-0.2, -0.15) is 0 Å². The third kappa shape index (κ3) is 3.00. The van der Waals surface area contributed by atoms with Gasteiger partial charge in [-0.05, 0) is 18.6 Å². The highest BCUT2D eigenvalue weighted by atomic mass is 35.5. The number of hydrogen-bond donors (Lipinski definition) is 1. The van der Waals surface area contributed by atoms with E-state index in [1.54, 1.807) is 25.1 Å². The summed E-state index contributed by atoms with van der Waals surface area (Å²) in [6.45, 7) is 1.72. The van der Waals surface area contributed by atoms with Crippen LogP contribution in [-0.4, -0.2) is 35.0 Å². The third-order valence-electron chi connectivity index (χ3n) is 3.25. The first-order chi connectivity index (χ1) is 9.86. The number of thiophene rings is 1. The summed E-state index contributed by atoms with van der Waals surface area (Å²) in [4.78, 5) is 25.2. The van der Waals surface area contributed by atoms with Gasteiger partial charge >= 0.3 is 5.97 Å². The summed E-state index contributed by atoms with van der Waals surface area (Å²) in [6, 6.07) is 4.31. The highest BCUT2D eigenvalue weighted by Crippen LogP contribution is 2.37. The topological polar surface area (TPSA) is 57.6 Å². The van der Waals surface area contributed by atoms with Gasteiger partial charge in [0.25, 0.3) is 5.91 Å². The van der Waals surface area contributed by atoms with E-state index >= 15 is 0 Å². The molecule has 1 N–H and O–H groups in total. The zero-order chi connectivity index (χ0) is 15.7. The highest BCUT2D eigenvalue weighted by molar-refractivity contribution is 7.21. The Labute approximate surface area is 135 Å². The van der Waals surface area contributed by atoms with E-state index in [0.717, 1.165) is 10.1 Å². The Morgan fingerprint density at radius 1 is 1.38 bits per heavy atom. The van der Waals surface area contributed by atoms with Gasteiger partial charge in [0.1, 0.15) is 10.9 Å². The number of fused-ring (bicyclic) bond motifs is 1. The Morgan fingerprint density at radius 2 is 2.05 bits per heavy atom. The molecule has 21 heavy (non-hydrogen) atoms. The van der Waals surface area contributed by atoms with Gasteiger partial charge in [0.2, 0.25) is 0 Å². The van der Waals surface area contributed by atoms with Crippen molar-refractivity contribution < 1.29 is 14.7 Å². The Balaban J connectivity index is 2.44. The molecule has 0 aliphatic carbocycles. The number of carboxylic acid groups (broad SMARTS) is 1. The van der Waals surface area contributed by atoms with Crippen LogP contribution >= 0.6 is 34.5 Å². The van der Waals surface area contributed by atoms with E-state index in [2.05, 4.69) is 0 Å². The molecule has 1 aromatic carbocycles. The van der Waals surface area contributed by atoms with Gasteiger partial charge in [-0.15, -0.1) is 11.3 Å². The van der Waals surface area contributed by atoms with E-state index in [1.165, 1.54) is 23.3 Å². The van der Waals surface area contributed by atoms with Crippen LogP contribution < -0.4 is 0 Å². The van der Waals surface area contributed by atoms with Gasteiger partial charge in [-0.25, -0.2) is 4.79 Å². The summed E-state index contributed by atoms with van der Waals surface area (Å²) in [5, 5.41) is 10.8. The zero-order valence-electron chi connectivity index (χ0n) is 11.4. The molecule has 0 fully saturated rings. The average molecular weight is 346 g/mol. The second-order valence-corrected chi connectivity index (χ2v) is 6.43. The van der Waals surface area contributed by atoms with Crippen LogP contribution in [0.15, 0.2) is 18.2 Å². The maximum absolute atomic E-state index is 12.5. The van der Waals surface area contributed by atoms with Crippen molar-refractivity contribution in [3.05, 3.63) is 33.1 Å². The minimum absolute atomic E-state index is 0.325. The molecule has 0 aliphatic heterocycles. The molecule has 0 spiro atoms. The maximum atomic E-state index is 12.5. The van der Waals surface area contributed by atoms with E-state index in [9.17, 15) is 9.59 Å². The molecule has 1 aromatic heterocycles. The maximum Gasteiger partial charge on any atom is 0.326 e. The number of likely N-dealkylation sites (N-methyl/N-ethyl adjacent to an activating group) is 1. The summed E-state index contributed by atoms with van der Waals surface area (Å²) in [7, 11) is 1.47. The molecule has 1 heterocycles. The first-order valence-electron chi connectivity index (χ1n) is 6.24. The molecule has 112 valence electrons. The van der Waals surface area contributed by atoms with E-state index < -0.39 is 17.9 Å². The predicted octanol–water partition coefficient (Wildman–Crippen LogP) is 4.14. The highest BCUT2D eigenvalue weighted by Gasteiger charge is 2.28. The summed E-state index contributed by atoms with van der Waals surface area (Å²) in [6.07, 6.45) is 0.325. The fourth-order valence-electron chi connectivity index (χ4n) is 2.09. The smallest absolute Gasteiger partial charge is 0.326 e. The Bertz CT molecular complexity index is 714. The van der Waals surface area contributed by atoms with Crippen LogP contribution in [0.5, 0.6) is 0 Å². The van der Waals surface area contributed by atoms with Gasteiger partial charge in [-0.1, -0.05) is 36.2 Å². The number of carbonyl (C=O) groups is 2. The predicted molar refractivity (Wildman–Crippen MR) is 85.7 cm³/mol. The van der Waals surface area contributed by atoms with Crippen LogP contribution in [0.4, 0.5) is 0 Å². The van der Waals surface area contributed by atoms with Gasteiger partial charge in [0.05, 0.1) is 5.02 Å². The minimum atomic E-state index is -1.03. The van der Waals surface area contributed by atoms with E-state index in [-0.39, 0.29) is 0 Å². The average Bonchev–Trinajstić information content (AvgIpc) is 2.74. The second kappa shape index (κ2) is 6.22. The quantitative estimate of drug-likeness (QED) is 0.905. The molecule has 1 amide bonds. The summed E-state index contributed by atoms with van der Waals surface area (Å²) in [5.74, 6) is -1.43. The molecule has 0 radical (unpaired) electrons. The van der Waals surface area contributed by atoms with Crippen LogP contribution in [0.3, 0.4) is 0 Å². The number of amides is 1. The molecule has 4 nitrogen and oxygen atoms in total. The van der Waals surface area contributed by atoms with Crippen molar-refractivity contribution in [1.82, 2.24) is 4.90 Å². The number of benzene rings is 1. The van der Waals surface area contributed by atoms with Crippen molar-refractivity contribution in [2.75, 3.05) is 7.05 Å². The minimum Gasteiger partial charge on any atom is -0.480 e. The molecule has 1 atom stereocenters. The third-order valence-corrected chi connectivity index (χ3v) is 5.13. The molecule has 0 aliphatic rings.